The summed E-state index contributed by atoms with van der Waals surface area (Å²) in [6.45, 7) is 22.1. The molecule has 0 aromatic carbocycles. The summed E-state index contributed by atoms with van der Waals surface area (Å²) < 4.78 is 67.9. The predicted octanol–water partition coefficient (Wildman–Crippen LogP) is -6.45. The van der Waals surface area contributed by atoms with Gasteiger partial charge < -0.3 is 21.3 Å². The Kier molecular flexibility index (Phi) is 38.2. The van der Waals surface area contributed by atoms with E-state index in [1.54, 1.807) is 18.2 Å². The van der Waals surface area contributed by atoms with Crippen molar-refractivity contribution in [2.24, 2.45) is 0 Å². The van der Waals surface area contributed by atoms with Gasteiger partial charge in [0.05, 0.1) is 18.2 Å². The van der Waals surface area contributed by atoms with Crippen molar-refractivity contribution in [2.45, 2.75) is 98.3 Å². The molecule has 1 heterocycles. The molecule has 4 N–H and O–H groups in total. The van der Waals surface area contributed by atoms with Crippen molar-refractivity contribution in [3.8, 4) is 18.2 Å². The van der Waals surface area contributed by atoms with Crippen LogP contribution in [0.15, 0.2) is 0 Å². The minimum atomic E-state index is -4.94. The first-order valence-corrected chi connectivity index (χ1v) is 14.0. The van der Waals surface area contributed by atoms with E-state index >= 15 is 0 Å². The molecule has 1 saturated heterocycles. The fourth-order valence-electron chi connectivity index (χ4n) is 3.26. The van der Waals surface area contributed by atoms with Gasteiger partial charge in [0.25, 0.3) is 0 Å². The summed E-state index contributed by atoms with van der Waals surface area (Å²) in [7, 11) is -9.89. The number of rotatable bonds is 0. The minimum absolute atomic E-state index is 0. The molecule has 0 aromatic rings. The van der Waals surface area contributed by atoms with E-state index in [9.17, 15) is 0 Å². The Morgan fingerprint density at radius 1 is 0.575 bits per heavy atom. The molecule has 0 aromatic heterocycles. The molecule has 1 aliphatic rings. The number of hydrogen-bond donors (Lipinski definition) is 4. The second-order valence-electron chi connectivity index (χ2n) is 9.17. The first-order valence-electron chi connectivity index (χ1n) is 11.6. The van der Waals surface area contributed by atoms with Crippen LogP contribution in [-0.2, 0) is 16.5 Å². The first-order chi connectivity index (χ1) is 17.4. The molecule has 0 aliphatic carbocycles. The second kappa shape index (κ2) is 29.6. The van der Waals surface area contributed by atoms with Crippen LogP contribution >= 0.6 is 0 Å². The van der Waals surface area contributed by atoms with Crippen molar-refractivity contribution in [1.29, 1.82) is 15.8 Å². The third kappa shape index (κ3) is 76.7. The largest absolute Gasteiger partial charge is 2.00 e. The maximum atomic E-state index is 8.49. The maximum absolute atomic E-state index is 8.49. The van der Waals surface area contributed by atoms with Crippen molar-refractivity contribution in [2.75, 3.05) is 26.2 Å². The van der Waals surface area contributed by atoms with Gasteiger partial charge in [0.1, 0.15) is 0 Å². The zero-order valence-corrected chi connectivity index (χ0v) is 27.1. The van der Waals surface area contributed by atoms with Gasteiger partial charge in [-0.25, -0.2) is 37.3 Å². The Morgan fingerprint density at radius 3 is 0.925 bits per heavy atom. The van der Waals surface area contributed by atoms with Crippen LogP contribution in [0.4, 0.5) is 0 Å². The zero-order chi connectivity index (χ0) is 32.3. The minimum Gasteiger partial charge on any atom is -0.313 e. The molecule has 18 heteroatoms. The average Bonchev–Trinajstić information content (AvgIpc) is 2.67. The van der Waals surface area contributed by atoms with Gasteiger partial charge in [0.2, 0.25) is 0 Å². The first kappa shape index (κ1) is 51.8. The number of halogens is 2. The van der Waals surface area contributed by atoms with Crippen LogP contribution in [0.2, 0.25) is 0 Å². The van der Waals surface area contributed by atoms with E-state index in [1.807, 2.05) is 0 Å². The second-order valence-corrected chi connectivity index (χ2v) is 10.7. The standard InChI is InChI=1S/C16H36N4.3C2H3N.2ClHO4.Ni/c1-13-11-15(3,4)19-10-8-18-14(2)12-16(5,6)20-9-7-17-13;3*1-2-3;2*2-1(3,4)5;/h13-14,17-20H,7-12H2,1-6H3;3*1H3;2*(H,2,3,4,5);/q;;;;;;+2/p-2/t13-,14-;;;;;;/m0....../s1. The van der Waals surface area contributed by atoms with Crippen LogP contribution in [-0.4, -0.2) is 49.3 Å². The Labute approximate surface area is 253 Å². The van der Waals surface area contributed by atoms with E-state index in [0.29, 0.717) is 12.1 Å². The zero-order valence-electron chi connectivity index (χ0n) is 24.6. The van der Waals surface area contributed by atoms with Gasteiger partial charge in [-0.1, -0.05) is 0 Å². The SMILES string of the molecule is CC#N.CC#N.CC#N.C[C@H]1CC(C)(C)NCCN[C@@H](C)CC(C)(C)NCCN1.[Ni+2].[O-][Cl+3]([O-])([O-])[O-].[O-][Cl+3]([O-])([O-])[O-]. The summed E-state index contributed by atoms with van der Waals surface area (Å²) in [5.41, 5.74) is 0.377. The van der Waals surface area contributed by atoms with Crippen molar-refractivity contribution >= 4 is 0 Å². The van der Waals surface area contributed by atoms with Gasteiger partial charge in [0, 0.05) is 70.1 Å². The number of nitrogens with one attached hydrogen (secondary N) is 4. The molecule has 240 valence electrons. The van der Waals surface area contributed by atoms with Crippen LogP contribution < -0.4 is 58.5 Å². The normalized spacial score (nSPS) is 20.2. The molecule has 0 spiro atoms. The van der Waals surface area contributed by atoms with Crippen molar-refractivity contribution in [1.82, 2.24) is 21.3 Å². The van der Waals surface area contributed by atoms with Gasteiger partial charge in [0.15, 0.2) is 0 Å². The number of nitrogens with zero attached hydrogens (tertiary/aromatic N) is 3. The van der Waals surface area contributed by atoms with E-state index in [2.05, 4.69) is 62.8 Å². The molecule has 1 aliphatic heterocycles. The van der Waals surface area contributed by atoms with Gasteiger partial charge in [-0.15, -0.1) is 20.5 Å². The Balaban J connectivity index is -0.000000118. The van der Waals surface area contributed by atoms with E-state index in [1.165, 1.54) is 20.8 Å². The van der Waals surface area contributed by atoms with Crippen LogP contribution in [0.1, 0.15) is 75.2 Å². The van der Waals surface area contributed by atoms with Crippen LogP contribution in [0.25, 0.3) is 0 Å². The molecule has 2 atom stereocenters. The molecule has 1 rings (SSSR count). The van der Waals surface area contributed by atoms with Gasteiger partial charge in [-0.05, 0) is 54.4 Å². The van der Waals surface area contributed by atoms with Gasteiger partial charge in [-0.3, -0.25) is 0 Å². The van der Waals surface area contributed by atoms with Gasteiger partial charge in [-0.2, -0.15) is 15.8 Å². The molecule has 0 radical (unpaired) electrons. The quantitative estimate of drug-likeness (QED) is 0.175. The van der Waals surface area contributed by atoms with Crippen molar-refractivity contribution in [3.63, 3.8) is 0 Å². The molecule has 0 amide bonds. The Hall–Kier alpha value is -0.936. The topological polar surface area (TPSA) is 304 Å². The number of hydrogen-bond acceptors (Lipinski definition) is 15. The van der Waals surface area contributed by atoms with E-state index in [0.717, 1.165) is 39.0 Å². The summed E-state index contributed by atoms with van der Waals surface area (Å²) in [6, 6.07) is 6.33. The van der Waals surface area contributed by atoms with Crippen LogP contribution in [0.5, 0.6) is 0 Å². The third-order valence-electron chi connectivity index (χ3n) is 4.08. The molecule has 0 bridgehead atoms. The average molecular weight is 665 g/mol. The summed E-state index contributed by atoms with van der Waals surface area (Å²) in [5.74, 6) is 0. The Bertz CT molecular complexity index is 613. The third-order valence-corrected chi connectivity index (χ3v) is 4.08. The molecule has 0 unspecified atom stereocenters. The summed E-state index contributed by atoms with van der Waals surface area (Å²) >= 11 is 0. The smallest absolute Gasteiger partial charge is 0.313 e. The predicted molar refractivity (Wildman–Crippen MR) is 122 cm³/mol. The monoisotopic (exact) mass is 663 g/mol. The molecule has 0 saturated carbocycles. The van der Waals surface area contributed by atoms with E-state index < -0.39 is 20.5 Å². The van der Waals surface area contributed by atoms with Crippen molar-refractivity contribution in [3.05, 3.63) is 0 Å². The fourth-order valence-corrected chi connectivity index (χ4v) is 3.26. The maximum Gasteiger partial charge on any atom is 2.00 e. The van der Waals surface area contributed by atoms with Crippen LogP contribution in [0.3, 0.4) is 0 Å². The molecule has 15 nitrogen and oxygen atoms in total. The van der Waals surface area contributed by atoms with E-state index in [4.69, 9.17) is 53.1 Å². The summed E-state index contributed by atoms with van der Waals surface area (Å²) in [4.78, 5) is 0. The summed E-state index contributed by atoms with van der Waals surface area (Å²) in [5, 5.41) is 36.5. The van der Waals surface area contributed by atoms with E-state index in [-0.39, 0.29) is 27.6 Å². The fraction of sp³-hybridized carbons (Fsp3) is 0.864. The number of nitriles is 3. The molecule has 40 heavy (non-hydrogen) atoms. The van der Waals surface area contributed by atoms with Crippen LogP contribution in [0, 0.1) is 54.5 Å². The molecular weight excluding hydrogens is 620 g/mol. The van der Waals surface area contributed by atoms with Gasteiger partial charge >= 0.3 is 16.5 Å². The van der Waals surface area contributed by atoms with Crippen molar-refractivity contribution < 1.29 is 74.2 Å². The Morgan fingerprint density at radius 2 is 0.750 bits per heavy atom. The summed E-state index contributed by atoms with van der Waals surface area (Å²) in [6.07, 6.45) is 2.29. The molecule has 1 fully saturated rings. The molecular formula is C22H45Cl2N7NiO8.